The Kier molecular flexibility index (Phi) is 2.86. The first-order valence-corrected chi connectivity index (χ1v) is 5.38. The Bertz CT molecular complexity index is 351. The van der Waals surface area contributed by atoms with Gasteiger partial charge in [0.25, 0.3) is 0 Å². The van der Waals surface area contributed by atoms with Crippen LogP contribution in [0.3, 0.4) is 0 Å². The second-order valence-electron chi connectivity index (χ2n) is 4.31. The van der Waals surface area contributed by atoms with E-state index >= 15 is 0 Å². The molecular formula is C11H17N3O. The second-order valence-corrected chi connectivity index (χ2v) is 4.31. The van der Waals surface area contributed by atoms with Gasteiger partial charge in [-0.05, 0) is 39.0 Å². The number of hydrogen-bond donors (Lipinski definition) is 0. The first kappa shape index (κ1) is 10.4. The third-order valence-electron chi connectivity index (χ3n) is 3.19. The highest BCUT2D eigenvalue weighted by Gasteiger charge is 2.21. The molecule has 0 unspecified atom stereocenters. The number of likely N-dealkylation sites (tertiary alicyclic amines) is 1. The first-order chi connectivity index (χ1) is 7.20. The van der Waals surface area contributed by atoms with E-state index in [1.54, 1.807) is 4.68 Å². The normalized spacial score (nSPS) is 19.3. The molecule has 82 valence electrons. The largest absolute Gasteiger partial charge is 0.306 e. The first-order valence-electron chi connectivity index (χ1n) is 5.38. The molecule has 1 saturated heterocycles. The number of hydrogen-bond acceptors (Lipinski definition) is 3. The fourth-order valence-corrected chi connectivity index (χ4v) is 2.12. The molecule has 0 saturated carbocycles. The molecule has 4 heteroatoms. The Morgan fingerprint density at radius 2 is 2.07 bits per heavy atom. The van der Waals surface area contributed by atoms with Crippen molar-refractivity contribution in [1.82, 2.24) is 14.7 Å². The molecule has 0 aromatic carbocycles. The Morgan fingerprint density at radius 3 is 2.60 bits per heavy atom. The molecule has 1 aliphatic heterocycles. The quantitative estimate of drug-likeness (QED) is 0.680. The minimum absolute atomic E-state index is 0.529. The molecule has 0 amide bonds. The van der Waals surface area contributed by atoms with Crippen LogP contribution in [0.15, 0.2) is 6.07 Å². The molecule has 0 spiro atoms. The van der Waals surface area contributed by atoms with Crippen molar-refractivity contribution in [3.63, 3.8) is 0 Å². The Hall–Kier alpha value is -1.16. The molecule has 0 bridgehead atoms. The van der Waals surface area contributed by atoms with Gasteiger partial charge in [0, 0.05) is 13.0 Å². The molecule has 2 rings (SSSR count). The van der Waals surface area contributed by atoms with E-state index in [0.29, 0.717) is 11.6 Å². The molecule has 1 aliphatic rings. The fourth-order valence-electron chi connectivity index (χ4n) is 2.12. The third-order valence-corrected chi connectivity index (χ3v) is 3.19. The van der Waals surface area contributed by atoms with Crippen molar-refractivity contribution >= 4 is 6.29 Å². The number of nitrogens with zero attached hydrogens (tertiary/aromatic N) is 3. The minimum Gasteiger partial charge on any atom is -0.306 e. The predicted molar refractivity (Wildman–Crippen MR) is 58.1 cm³/mol. The van der Waals surface area contributed by atoms with Gasteiger partial charge < -0.3 is 4.90 Å². The van der Waals surface area contributed by atoms with E-state index in [1.165, 1.54) is 0 Å². The summed E-state index contributed by atoms with van der Waals surface area (Å²) in [5, 5.41) is 4.40. The Labute approximate surface area is 89.9 Å². The van der Waals surface area contributed by atoms with Crippen molar-refractivity contribution in [2.45, 2.75) is 18.8 Å². The van der Waals surface area contributed by atoms with Gasteiger partial charge in [0.2, 0.25) is 0 Å². The lowest BCUT2D eigenvalue weighted by Gasteiger charge is -2.27. The maximum absolute atomic E-state index is 10.7. The molecule has 0 N–H and O–H groups in total. The molecular weight excluding hydrogens is 190 g/mol. The summed E-state index contributed by atoms with van der Waals surface area (Å²) in [5.74, 6) is 0.529. The lowest BCUT2D eigenvalue weighted by atomic mass is 9.94. The number of carbonyl (C=O) groups excluding carboxylic acids is 1. The average molecular weight is 207 g/mol. The van der Waals surface area contributed by atoms with Crippen LogP contribution in [0.4, 0.5) is 0 Å². The summed E-state index contributed by atoms with van der Waals surface area (Å²) in [7, 11) is 3.97. The second kappa shape index (κ2) is 4.14. The van der Waals surface area contributed by atoms with Crippen molar-refractivity contribution in [2.75, 3.05) is 20.1 Å². The highest BCUT2D eigenvalue weighted by atomic mass is 16.1. The van der Waals surface area contributed by atoms with Gasteiger partial charge in [0.15, 0.2) is 6.29 Å². The van der Waals surface area contributed by atoms with Gasteiger partial charge in [-0.2, -0.15) is 5.10 Å². The highest BCUT2D eigenvalue weighted by Crippen LogP contribution is 2.26. The van der Waals surface area contributed by atoms with Crippen LogP contribution in [0, 0.1) is 0 Å². The Balaban J connectivity index is 2.12. The summed E-state index contributed by atoms with van der Waals surface area (Å²) >= 11 is 0. The zero-order valence-corrected chi connectivity index (χ0v) is 9.31. The summed E-state index contributed by atoms with van der Waals surface area (Å²) in [5.41, 5.74) is 1.75. The van der Waals surface area contributed by atoms with Crippen molar-refractivity contribution in [3.05, 3.63) is 17.5 Å². The smallest absolute Gasteiger partial charge is 0.168 e. The number of rotatable bonds is 2. The maximum Gasteiger partial charge on any atom is 0.168 e. The standard InChI is InChI=1S/C11H17N3O/c1-13-5-3-9(4-6-13)11-7-10(8-15)14(2)12-11/h7-9H,3-6H2,1-2H3. The molecule has 0 aliphatic carbocycles. The third kappa shape index (κ3) is 2.09. The monoisotopic (exact) mass is 207 g/mol. The van der Waals surface area contributed by atoms with Crippen LogP contribution in [0.5, 0.6) is 0 Å². The van der Waals surface area contributed by atoms with Gasteiger partial charge in [-0.1, -0.05) is 0 Å². The molecule has 1 aromatic rings. The van der Waals surface area contributed by atoms with Crippen molar-refractivity contribution in [2.24, 2.45) is 7.05 Å². The summed E-state index contributed by atoms with van der Waals surface area (Å²) in [6.07, 6.45) is 3.16. The van der Waals surface area contributed by atoms with Crippen molar-refractivity contribution in [1.29, 1.82) is 0 Å². The molecule has 2 heterocycles. The zero-order chi connectivity index (χ0) is 10.8. The number of piperidine rings is 1. The van der Waals surface area contributed by atoms with Crippen molar-refractivity contribution in [3.8, 4) is 0 Å². The van der Waals surface area contributed by atoms with Gasteiger partial charge in [0.1, 0.15) is 5.69 Å². The summed E-state index contributed by atoms with van der Waals surface area (Å²) in [4.78, 5) is 13.0. The molecule has 0 radical (unpaired) electrons. The van der Waals surface area contributed by atoms with Crippen LogP contribution >= 0.6 is 0 Å². The van der Waals surface area contributed by atoms with E-state index in [4.69, 9.17) is 0 Å². The fraction of sp³-hybridized carbons (Fsp3) is 0.636. The Morgan fingerprint density at radius 1 is 1.40 bits per heavy atom. The maximum atomic E-state index is 10.7. The van der Waals surface area contributed by atoms with Gasteiger partial charge >= 0.3 is 0 Å². The van der Waals surface area contributed by atoms with Crippen LogP contribution in [-0.2, 0) is 7.05 Å². The average Bonchev–Trinajstić information content (AvgIpc) is 2.61. The summed E-state index contributed by atoms with van der Waals surface area (Å²) in [6.45, 7) is 2.25. The van der Waals surface area contributed by atoms with Crippen LogP contribution in [-0.4, -0.2) is 41.1 Å². The van der Waals surface area contributed by atoms with Crippen LogP contribution in [0.1, 0.15) is 34.9 Å². The van der Waals surface area contributed by atoms with Gasteiger partial charge in [-0.15, -0.1) is 0 Å². The van der Waals surface area contributed by atoms with E-state index in [-0.39, 0.29) is 0 Å². The summed E-state index contributed by atoms with van der Waals surface area (Å²) in [6, 6.07) is 1.92. The lowest BCUT2D eigenvalue weighted by molar-refractivity contribution is 0.111. The number of carbonyl (C=O) groups is 1. The van der Waals surface area contributed by atoms with Gasteiger partial charge in [0.05, 0.1) is 5.69 Å². The van der Waals surface area contributed by atoms with Gasteiger partial charge in [-0.3, -0.25) is 9.48 Å². The molecule has 15 heavy (non-hydrogen) atoms. The zero-order valence-electron chi connectivity index (χ0n) is 9.31. The molecule has 0 atom stereocenters. The van der Waals surface area contributed by atoms with Gasteiger partial charge in [-0.25, -0.2) is 0 Å². The SMILES string of the molecule is CN1CCC(c2cc(C=O)n(C)n2)CC1. The van der Waals surface area contributed by atoms with Crippen LogP contribution < -0.4 is 0 Å². The number of aromatic nitrogens is 2. The molecule has 4 nitrogen and oxygen atoms in total. The summed E-state index contributed by atoms with van der Waals surface area (Å²) < 4.78 is 1.67. The molecule has 1 aromatic heterocycles. The highest BCUT2D eigenvalue weighted by molar-refractivity contribution is 5.72. The number of aryl methyl sites for hydroxylation is 1. The van der Waals surface area contributed by atoms with Crippen LogP contribution in [0.25, 0.3) is 0 Å². The van der Waals surface area contributed by atoms with Crippen LogP contribution in [0.2, 0.25) is 0 Å². The van der Waals surface area contributed by atoms with E-state index in [9.17, 15) is 4.79 Å². The van der Waals surface area contributed by atoms with E-state index < -0.39 is 0 Å². The predicted octanol–water partition coefficient (Wildman–Crippen LogP) is 1.04. The molecule has 1 fully saturated rings. The van der Waals surface area contributed by atoms with E-state index in [0.717, 1.165) is 37.9 Å². The topological polar surface area (TPSA) is 38.1 Å². The lowest BCUT2D eigenvalue weighted by Crippen LogP contribution is -2.29. The van der Waals surface area contributed by atoms with Crippen molar-refractivity contribution < 1.29 is 4.79 Å². The van der Waals surface area contributed by atoms with E-state index in [2.05, 4.69) is 17.0 Å². The minimum atomic E-state index is 0.529. The number of aldehydes is 1. The van der Waals surface area contributed by atoms with E-state index in [1.807, 2.05) is 13.1 Å².